The molecular weight excluding hydrogens is 348 g/mol. The van der Waals surface area contributed by atoms with Crippen molar-refractivity contribution in [2.45, 2.75) is 34.6 Å². The van der Waals surface area contributed by atoms with Crippen LogP contribution < -0.4 is 4.74 Å². The molecule has 0 saturated carbocycles. The molecule has 0 aliphatic rings. The Kier molecular flexibility index (Phi) is 7.33. The Bertz CT molecular complexity index is 959. The second-order valence-electron chi connectivity index (χ2n) is 6.85. The van der Waals surface area contributed by atoms with E-state index in [1.807, 2.05) is 25.2 Å². The third-order valence-electron chi connectivity index (χ3n) is 4.65. The molecule has 1 N–H and O–H groups in total. The van der Waals surface area contributed by atoms with E-state index in [0.717, 1.165) is 22.5 Å². The van der Waals surface area contributed by atoms with Crippen molar-refractivity contribution in [1.29, 1.82) is 0 Å². The highest BCUT2D eigenvalue weighted by Crippen LogP contribution is 2.28. The van der Waals surface area contributed by atoms with Gasteiger partial charge in [-0.15, -0.1) is 0 Å². The zero-order valence-electron chi connectivity index (χ0n) is 17.5. The first-order valence-electron chi connectivity index (χ1n) is 9.23. The van der Waals surface area contributed by atoms with Gasteiger partial charge in [0.25, 0.3) is 0 Å². The van der Waals surface area contributed by atoms with Gasteiger partial charge in [-0.2, -0.15) is 0 Å². The summed E-state index contributed by atoms with van der Waals surface area (Å²) in [5.41, 5.74) is 6.79. The smallest absolute Gasteiger partial charge is 0.221 e. The first kappa shape index (κ1) is 21.2. The number of allylic oxidation sites excluding steroid dienone is 7. The fourth-order valence-corrected chi connectivity index (χ4v) is 2.88. The molecule has 1 aromatic carbocycles. The Hall–Kier alpha value is -3.14. The maximum absolute atomic E-state index is 12.0. The van der Waals surface area contributed by atoms with Crippen molar-refractivity contribution >= 4 is 11.9 Å². The number of carbonyl (C=O) groups is 1. The van der Waals surface area contributed by atoms with E-state index in [1.165, 1.54) is 16.7 Å². The maximum atomic E-state index is 12.0. The van der Waals surface area contributed by atoms with E-state index in [0.29, 0.717) is 5.82 Å². The summed E-state index contributed by atoms with van der Waals surface area (Å²) in [6, 6.07) is 2.07. The molecule has 0 amide bonds. The molecule has 146 valence electrons. The Morgan fingerprint density at radius 3 is 2.50 bits per heavy atom. The van der Waals surface area contributed by atoms with Crippen LogP contribution in [0.4, 0.5) is 0 Å². The van der Waals surface area contributed by atoms with Crippen molar-refractivity contribution in [2.24, 2.45) is 0 Å². The molecule has 28 heavy (non-hydrogen) atoms. The van der Waals surface area contributed by atoms with E-state index in [1.54, 1.807) is 25.6 Å². The molecule has 0 fully saturated rings. The number of imidazole rings is 1. The Morgan fingerprint density at radius 2 is 1.86 bits per heavy atom. The predicted octanol–water partition coefficient (Wildman–Crippen LogP) is 5.69. The van der Waals surface area contributed by atoms with Gasteiger partial charge in [-0.05, 0) is 74.6 Å². The summed E-state index contributed by atoms with van der Waals surface area (Å²) < 4.78 is 5.43. The SMILES string of the molecule is COc1cc(C)c(C=CC(C)=CC=CC(C)=CC(=O)c2ncc[nH]2)c(C)c1C. The highest BCUT2D eigenvalue weighted by molar-refractivity contribution is 6.02. The minimum absolute atomic E-state index is 0.131. The van der Waals surface area contributed by atoms with Crippen molar-refractivity contribution in [3.63, 3.8) is 0 Å². The van der Waals surface area contributed by atoms with Crippen LogP contribution in [-0.2, 0) is 0 Å². The van der Waals surface area contributed by atoms with Crippen LogP contribution >= 0.6 is 0 Å². The zero-order chi connectivity index (χ0) is 20.7. The van der Waals surface area contributed by atoms with Crippen LogP contribution in [0.15, 0.2) is 60.0 Å². The van der Waals surface area contributed by atoms with Gasteiger partial charge in [-0.3, -0.25) is 4.79 Å². The maximum Gasteiger partial charge on any atom is 0.221 e. The lowest BCUT2D eigenvalue weighted by molar-refractivity contribution is 0.103. The number of ether oxygens (including phenoxy) is 1. The number of benzene rings is 1. The van der Waals surface area contributed by atoms with Crippen LogP contribution in [0.25, 0.3) is 6.08 Å². The van der Waals surface area contributed by atoms with Crippen molar-refractivity contribution in [3.8, 4) is 5.75 Å². The number of nitrogens with one attached hydrogen (secondary N) is 1. The van der Waals surface area contributed by atoms with E-state index in [-0.39, 0.29) is 5.78 Å². The third kappa shape index (κ3) is 5.43. The summed E-state index contributed by atoms with van der Waals surface area (Å²) >= 11 is 0. The third-order valence-corrected chi connectivity index (χ3v) is 4.65. The molecular formula is C24H28N2O2. The Labute approximate surface area is 167 Å². The average molecular weight is 377 g/mol. The van der Waals surface area contributed by atoms with Gasteiger partial charge in [0.15, 0.2) is 5.82 Å². The minimum atomic E-state index is -0.131. The van der Waals surface area contributed by atoms with Gasteiger partial charge in [-0.1, -0.05) is 36.0 Å². The molecule has 0 unspecified atom stereocenters. The highest BCUT2D eigenvalue weighted by atomic mass is 16.5. The molecule has 0 spiro atoms. The topological polar surface area (TPSA) is 55.0 Å². The van der Waals surface area contributed by atoms with E-state index in [2.05, 4.69) is 55.9 Å². The van der Waals surface area contributed by atoms with Crippen molar-refractivity contribution in [1.82, 2.24) is 9.97 Å². The van der Waals surface area contributed by atoms with Crippen LogP contribution in [0.5, 0.6) is 5.75 Å². The number of rotatable bonds is 7. The quantitative estimate of drug-likeness (QED) is 0.384. The van der Waals surface area contributed by atoms with Gasteiger partial charge in [-0.25, -0.2) is 4.98 Å². The van der Waals surface area contributed by atoms with Gasteiger partial charge in [0.1, 0.15) is 5.75 Å². The molecule has 0 aliphatic carbocycles. The largest absolute Gasteiger partial charge is 0.496 e. The number of methoxy groups -OCH3 is 1. The fraction of sp³-hybridized carbons (Fsp3) is 0.250. The second-order valence-corrected chi connectivity index (χ2v) is 6.85. The van der Waals surface area contributed by atoms with Crippen LogP contribution in [0.3, 0.4) is 0 Å². The number of aromatic amines is 1. The lowest BCUT2D eigenvalue weighted by atomic mass is 9.96. The molecule has 1 aromatic heterocycles. The molecule has 0 bridgehead atoms. The molecule has 0 atom stereocenters. The minimum Gasteiger partial charge on any atom is -0.496 e. The number of nitrogens with zero attached hydrogens (tertiary/aromatic N) is 1. The molecule has 2 aromatic rings. The first-order chi connectivity index (χ1) is 13.3. The normalized spacial score (nSPS) is 12.9. The van der Waals surface area contributed by atoms with Crippen molar-refractivity contribution in [3.05, 3.63) is 88.1 Å². The number of aryl methyl sites for hydroxylation is 1. The standard InChI is InChI=1S/C24H28N2O2/c1-16(8-7-9-17(2)14-22(27)24-25-12-13-26-24)10-11-21-18(3)15-23(28-6)20(5)19(21)4/h7-15H,1-6H3,(H,25,26). The van der Waals surface area contributed by atoms with Gasteiger partial charge in [0.05, 0.1) is 7.11 Å². The first-order valence-corrected chi connectivity index (χ1v) is 9.23. The van der Waals surface area contributed by atoms with Crippen molar-refractivity contribution < 1.29 is 9.53 Å². The summed E-state index contributed by atoms with van der Waals surface area (Å²) in [5, 5.41) is 0. The van der Waals surface area contributed by atoms with E-state index < -0.39 is 0 Å². The van der Waals surface area contributed by atoms with E-state index in [9.17, 15) is 4.79 Å². The summed E-state index contributed by atoms with van der Waals surface area (Å²) in [6.07, 6.45) is 14.9. The lowest BCUT2D eigenvalue weighted by Crippen LogP contribution is -1.97. The average Bonchev–Trinajstić information content (AvgIpc) is 3.19. The molecule has 0 aliphatic heterocycles. The van der Waals surface area contributed by atoms with Crippen molar-refractivity contribution in [2.75, 3.05) is 7.11 Å². The Morgan fingerprint density at radius 1 is 1.11 bits per heavy atom. The monoisotopic (exact) mass is 376 g/mol. The molecule has 1 heterocycles. The van der Waals surface area contributed by atoms with Gasteiger partial charge >= 0.3 is 0 Å². The molecule has 0 radical (unpaired) electrons. The van der Waals surface area contributed by atoms with Gasteiger partial charge in [0, 0.05) is 12.4 Å². The van der Waals surface area contributed by atoms with Gasteiger partial charge in [0.2, 0.25) is 5.78 Å². The molecule has 4 nitrogen and oxygen atoms in total. The second kappa shape index (κ2) is 9.70. The van der Waals surface area contributed by atoms with E-state index >= 15 is 0 Å². The summed E-state index contributed by atoms with van der Waals surface area (Å²) in [7, 11) is 1.70. The summed E-state index contributed by atoms with van der Waals surface area (Å²) in [4.78, 5) is 18.7. The number of carbonyl (C=O) groups excluding carboxylic acids is 1. The summed E-state index contributed by atoms with van der Waals surface area (Å²) in [6.45, 7) is 10.2. The molecule has 4 heteroatoms. The highest BCUT2D eigenvalue weighted by Gasteiger charge is 2.08. The van der Waals surface area contributed by atoms with Crippen LogP contribution in [0, 0.1) is 20.8 Å². The number of aromatic nitrogens is 2. The number of ketones is 1. The van der Waals surface area contributed by atoms with Crippen LogP contribution in [-0.4, -0.2) is 22.9 Å². The number of hydrogen-bond donors (Lipinski definition) is 1. The van der Waals surface area contributed by atoms with Crippen LogP contribution in [0.2, 0.25) is 0 Å². The predicted molar refractivity (Wildman–Crippen MR) is 116 cm³/mol. The Balaban J connectivity index is 2.09. The fourth-order valence-electron chi connectivity index (χ4n) is 2.88. The lowest BCUT2D eigenvalue weighted by Gasteiger charge is -2.13. The van der Waals surface area contributed by atoms with Gasteiger partial charge < -0.3 is 9.72 Å². The zero-order valence-corrected chi connectivity index (χ0v) is 17.5. The number of H-pyrrole nitrogens is 1. The van der Waals surface area contributed by atoms with E-state index in [4.69, 9.17) is 4.74 Å². The molecule has 0 saturated heterocycles. The summed E-state index contributed by atoms with van der Waals surface area (Å²) in [5.74, 6) is 1.14. The molecule has 2 rings (SSSR count). The number of hydrogen-bond acceptors (Lipinski definition) is 3. The van der Waals surface area contributed by atoms with Crippen LogP contribution in [0.1, 0.15) is 46.7 Å².